The third-order valence-electron chi connectivity index (χ3n) is 4.32. The van der Waals surface area contributed by atoms with Crippen LogP contribution in [-0.2, 0) is 24.7 Å². The Balaban J connectivity index is 1.69. The van der Waals surface area contributed by atoms with E-state index in [0.29, 0.717) is 13.0 Å². The lowest BCUT2D eigenvalue weighted by Gasteiger charge is -2.16. The van der Waals surface area contributed by atoms with Crippen LogP contribution < -0.4 is 11.0 Å². The Morgan fingerprint density at radius 3 is 2.87 bits per heavy atom. The molecule has 0 saturated carbocycles. The van der Waals surface area contributed by atoms with Crippen molar-refractivity contribution >= 4 is 5.91 Å². The highest BCUT2D eigenvalue weighted by Gasteiger charge is 2.28. The molecule has 1 atom stereocenters. The number of amides is 1. The van der Waals surface area contributed by atoms with E-state index in [4.69, 9.17) is 0 Å². The van der Waals surface area contributed by atoms with E-state index in [0.717, 1.165) is 31.5 Å². The molecular weight excluding hydrogens is 292 g/mol. The van der Waals surface area contributed by atoms with E-state index in [-0.39, 0.29) is 11.6 Å². The molecular formula is C17H22N4O2. The van der Waals surface area contributed by atoms with E-state index >= 15 is 0 Å². The Kier molecular flexibility index (Phi) is 4.60. The van der Waals surface area contributed by atoms with Crippen molar-refractivity contribution in [1.82, 2.24) is 19.7 Å². The predicted molar refractivity (Wildman–Crippen MR) is 87.2 cm³/mol. The maximum absolute atomic E-state index is 12.6. The molecule has 6 heteroatoms. The van der Waals surface area contributed by atoms with Crippen molar-refractivity contribution in [3.05, 3.63) is 52.2 Å². The smallest absolute Gasteiger partial charge is 0.346 e. The highest BCUT2D eigenvalue weighted by atomic mass is 16.2. The predicted octanol–water partition coefficient (Wildman–Crippen LogP) is 1.21. The molecule has 2 heterocycles. The van der Waals surface area contributed by atoms with Crippen LogP contribution in [0.5, 0.6) is 0 Å². The summed E-state index contributed by atoms with van der Waals surface area (Å²) in [7, 11) is 1.63. The summed E-state index contributed by atoms with van der Waals surface area (Å²) in [6.45, 7) is 0.573. The Morgan fingerprint density at radius 1 is 1.30 bits per heavy atom. The number of carbonyl (C=O) groups excluding carboxylic acids is 1. The molecule has 1 aromatic carbocycles. The van der Waals surface area contributed by atoms with E-state index in [9.17, 15) is 9.59 Å². The first kappa shape index (κ1) is 15.5. The van der Waals surface area contributed by atoms with Crippen LogP contribution in [0.25, 0.3) is 0 Å². The SMILES string of the molecule is Cn1nc2n(c1=O)C(C(=O)NCCc1ccccc1)CCCC2. The number of rotatable bonds is 4. The van der Waals surface area contributed by atoms with Gasteiger partial charge in [-0.1, -0.05) is 36.8 Å². The van der Waals surface area contributed by atoms with Gasteiger partial charge in [-0.25, -0.2) is 9.48 Å². The van der Waals surface area contributed by atoms with Gasteiger partial charge in [0.1, 0.15) is 11.9 Å². The van der Waals surface area contributed by atoms with E-state index < -0.39 is 6.04 Å². The molecule has 0 saturated heterocycles. The summed E-state index contributed by atoms with van der Waals surface area (Å²) in [6.07, 6.45) is 4.13. The Morgan fingerprint density at radius 2 is 2.09 bits per heavy atom. The fourth-order valence-corrected chi connectivity index (χ4v) is 3.10. The van der Waals surface area contributed by atoms with Gasteiger partial charge >= 0.3 is 5.69 Å². The molecule has 0 fully saturated rings. The molecule has 122 valence electrons. The molecule has 1 amide bonds. The highest BCUT2D eigenvalue weighted by Crippen LogP contribution is 2.21. The number of aromatic nitrogens is 3. The molecule has 1 aliphatic rings. The van der Waals surface area contributed by atoms with Gasteiger partial charge in [0.2, 0.25) is 5.91 Å². The minimum Gasteiger partial charge on any atom is -0.354 e. The third kappa shape index (κ3) is 3.36. The summed E-state index contributed by atoms with van der Waals surface area (Å²) in [5.74, 6) is 0.636. The monoisotopic (exact) mass is 314 g/mol. The van der Waals surface area contributed by atoms with Gasteiger partial charge in [-0.05, 0) is 24.8 Å². The van der Waals surface area contributed by atoms with E-state index in [2.05, 4.69) is 10.4 Å². The number of benzene rings is 1. The topological polar surface area (TPSA) is 68.9 Å². The summed E-state index contributed by atoms with van der Waals surface area (Å²) in [5, 5.41) is 7.23. The van der Waals surface area contributed by atoms with Crippen LogP contribution in [-0.4, -0.2) is 26.8 Å². The van der Waals surface area contributed by atoms with Crippen molar-refractivity contribution in [1.29, 1.82) is 0 Å². The highest BCUT2D eigenvalue weighted by molar-refractivity contribution is 5.80. The first-order chi connectivity index (χ1) is 11.2. The summed E-state index contributed by atoms with van der Waals surface area (Å²) in [4.78, 5) is 24.8. The molecule has 1 N–H and O–H groups in total. The molecule has 0 spiro atoms. The van der Waals surface area contributed by atoms with Gasteiger partial charge in [-0.15, -0.1) is 0 Å². The third-order valence-corrected chi connectivity index (χ3v) is 4.32. The maximum Gasteiger partial charge on any atom is 0.346 e. The van der Waals surface area contributed by atoms with Gasteiger partial charge in [0.15, 0.2) is 0 Å². The average molecular weight is 314 g/mol. The quantitative estimate of drug-likeness (QED) is 0.922. The molecule has 6 nitrogen and oxygen atoms in total. The van der Waals surface area contributed by atoms with Crippen LogP contribution in [0.4, 0.5) is 0 Å². The van der Waals surface area contributed by atoms with Gasteiger partial charge in [0, 0.05) is 20.0 Å². The maximum atomic E-state index is 12.6. The minimum absolute atomic E-state index is 0.0841. The van der Waals surface area contributed by atoms with Crippen molar-refractivity contribution in [2.45, 2.75) is 38.1 Å². The zero-order valence-electron chi connectivity index (χ0n) is 13.4. The van der Waals surface area contributed by atoms with E-state index in [1.807, 2.05) is 30.3 Å². The fourth-order valence-electron chi connectivity index (χ4n) is 3.10. The molecule has 2 aromatic rings. The van der Waals surface area contributed by atoms with Crippen LogP contribution in [0, 0.1) is 0 Å². The number of carbonyl (C=O) groups is 1. The van der Waals surface area contributed by atoms with Gasteiger partial charge in [0.05, 0.1) is 0 Å². The summed E-state index contributed by atoms with van der Waals surface area (Å²) < 4.78 is 2.90. The van der Waals surface area contributed by atoms with Gasteiger partial charge in [-0.3, -0.25) is 9.36 Å². The van der Waals surface area contributed by atoms with E-state index in [1.165, 1.54) is 10.2 Å². The molecule has 1 aromatic heterocycles. The first-order valence-electron chi connectivity index (χ1n) is 8.13. The Hall–Kier alpha value is -2.37. The van der Waals surface area contributed by atoms with Crippen molar-refractivity contribution < 1.29 is 4.79 Å². The molecule has 0 aliphatic carbocycles. The van der Waals surface area contributed by atoms with Crippen LogP contribution in [0.3, 0.4) is 0 Å². The molecule has 0 radical (unpaired) electrons. The number of aryl methyl sites for hydroxylation is 2. The second-order valence-electron chi connectivity index (χ2n) is 5.98. The van der Waals surface area contributed by atoms with Crippen molar-refractivity contribution in [3.63, 3.8) is 0 Å². The Bertz CT molecular complexity index is 733. The first-order valence-corrected chi connectivity index (χ1v) is 8.13. The molecule has 1 aliphatic heterocycles. The molecule has 3 rings (SSSR count). The summed E-state index contributed by atoms with van der Waals surface area (Å²) in [5.41, 5.74) is 0.984. The second kappa shape index (κ2) is 6.81. The standard InChI is InChI=1S/C17H22N4O2/c1-20-17(23)21-14(9-5-6-10-15(21)19-20)16(22)18-12-11-13-7-3-2-4-8-13/h2-4,7-8,14H,5-6,9-12H2,1H3,(H,18,22). The van der Waals surface area contributed by atoms with Crippen LogP contribution in [0.1, 0.15) is 36.7 Å². The lowest BCUT2D eigenvalue weighted by Crippen LogP contribution is -2.38. The normalized spacial score (nSPS) is 17.3. The average Bonchev–Trinajstić information content (AvgIpc) is 2.74. The largest absolute Gasteiger partial charge is 0.354 e. The zero-order chi connectivity index (χ0) is 16.2. The number of hydrogen-bond acceptors (Lipinski definition) is 3. The number of nitrogens with zero attached hydrogens (tertiary/aromatic N) is 3. The summed E-state index contributed by atoms with van der Waals surface area (Å²) in [6, 6.07) is 9.60. The second-order valence-corrected chi connectivity index (χ2v) is 5.98. The van der Waals surface area contributed by atoms with Crippen molar-refractivity contribution in [2.24, 2.45) is 7.05 Å². The Labute approximate surface area is 135 Å². The van der Waals surface area contributed by atoms with Gasteiger partial charge < -0.3 is 5.32 Å². The van der Waals surface area contributed by atoms with Crippen molar-refractivity contribution in [3.8, 4) is 0 Å². The number of hydrogen-bond donors (Lipinski definition) is 1. The number of fused-ring (bicyclic) bond motifs is 1. The lowest BCUT2D eigenvalue weighted by atomic mass is 10.1. The van der Waals surface area contributed by atoms with Crippen LogP contribution in [0.15, 0.2) is 35.1 Å². The minimum atomic E-state index is -0.440. The van der Waals surface area contributed by atoms with Gasteiger partial charge in [0.25, 0.3) is 0 Å². The van der Waals surface area contributed by atoms with Gasteiger partial charge in [-0.2, -0.15) is 5.10 Å². The summed E-state index contributed by atoms with van der Waals surface area (Å²) >= 11 is 0. The van der Waals surface area contributed by atoms with Crippen molar-refractivity contribution in [2.75, 3.05) is 6.54 Å². The number of nitrogens with one attached hydrogen (secondary N) is 1. The molecule has 23 heavy (non-hydrogen) atoms. The molecule has 0 bridgehead atoms. The lowest BCUT2D eigenvalue weighted by molar-refractivity contribution is -0.124. The fraction of sp³-hybridized carbons (Fsp3) is 0.471. The van der Waals surface area contributed by atoms with E-state index in [1.54, 1.807) is 11.6 Å². The van der Waals surface area contributed by atoms with Crippen LogP contribution >= 0.6 is 0 Å². The zero-order valence-corrected chi connectivity index (χ0v) is 13.4. The van der Waals surface area contributed by atoms with Crippen LogP contribution in [0.2, 0.25) is 0 Å². The molecule has 1 unspecified atom stereocenters.